The van der Waals surface area contributed by atoms with Crippen molar-refractivity contribution in [1.29, 1.82) is 0 Å². The van der Waals surface area contributed by atoms with Crippen LogP contribution in [0.25, 0.3) is 10.2 Å². The lowest BCUT2D eigenvalue weighted by atomic mass is 10.2. The van der Waals surface area contributed by atoms with Crippen molar-refractivity contribution in [3.8, 4) is 0 Å². The third kappa shape index (κ3) is 3.85. The first-order valence-electron chi connectivity index (χ1n) is 8.25. The molecule has 1 amide bonds. The van der Waals surface area contributed by atoms with E-state index in [9.17, 15) is 9.59 Å². The van der Waals surface area contributed by atoms with Gasteiger partial charge in [0.25, 0.3) is 5.91 Å². The fraction of sp³-hybridized carbons (Fsp3) is 0.278. The molecule has 0 unspecified atom stereocenters. The first-order chi connectivity index (χ1) is 12.6. The zero-order valence-corrected chi connectivity index (χ0v) is 15.3. The maximum Gasteiger partial charge on any atom is 0.326 e. The molecule has 8 heteroatoms. The van der Waals surface area contributed by atoms with Gasteiger partial charge in [0, 0.05) is 12.4 Å². The number of hydrogen-bond donors (Lipinski definition) is 0. The minimum Gasteiger partial charge on any atom is -0.465 e. The molecule has 0 radical (unpaired) electrons. The van der Waals surface area contributed by atoms with Gasteiger partial charge in [-0.1, -0.05) is 24.3 Å². The number of benzene rings is 1. The minimum atomic E-state index is -0.502. The summed E-state index contributed by atoms with van der Waals surface area (Å²) in [5.41, 5.74) is 2.17. The molecule has 2 heterocycles. The maximum absolute atomic E-state index is 12.4. The molecule has 0 N–H and O–H groups in total. The minimum absolute atomic E-state index is 0.00804. The maximum atomic E-state index is 12.4. The van der Waals surface area contributed by atoms with Crippen LogP contribution in [0.2, 0.25) is 0 Å². The molecular formula is C18H18N4O3S. The second-order valence-corrected chi connectivity index (χ2v) is 6.45. The monoisotopic (exact) mass is 370 g/mol. The number of thiazole rings is 1. The molecule has 0 atom stereocenters. The van der Waals surface area contributed by atoms with Crippen molar-refractivity contribution in [1.82, 2.24) is 14.5 Å². The first kappa shape index (κ1) is 17.9. The number of rotatable bonds is 5. The zero-order chi connectivity index (χ0) is 18.5. The number of esters is 1. The van der Waals surface area contributed by atoms with E-state index in [4.69, 9.17) is 4.74 Å². The number of carbonyl (C=O) groups is 2. The van der Waals surface area contributed by atoms with E-state index in [0.717, 1.165) is 16.6 Å². The Morgan fingerprint density at radius 1 is 1.27 bits per heavy atom. The number of carbonyl (C=O) groups excluding carboxylic acids is 2. The average molecular weight is 370 g/mol. The Morgan fingerprint density at radius 2 is 2.12 bits per heavy atom. The van der Waals surface area contributed by atoms with Gasteiger partial charge in [0.15, 0.2) is 4.80 Å². The van der Waals surface area contributed by atoms with Gasteiger partial charge < -0.3 is 9.30 Å². The number of aryl methyl sites for hydroxylation is 1. The van der Waals surface area contributed by atoms with Crippen LogP contribution < -0.4 is 4.80 Å². The second kappa shape index (κ2) is 8.01. The van der Waals surface area contributed by atoms with E-state index < -0.39 is 5.91 Å². The summed E-state index contributed by atoms with van der Waals surface area (Å²) in [6, 6.07) is 5.99. The molecule has 0 saturated carbocycles. The highest BCUT2D eigenvalue weighted by atomic mass is 32.1. The van der Waals surface area contributed by atoms with Crippen molar-refractivity contribution < 1.29 is 14.3 Å². The summed E-state index contributed by atoms with van der Waals surface area (Å²) in [6.45, 7) is 4.12. The Balaban J connectivity index is 2.11. The summed E-state index contributed by atoms with van der Waals surface area (Å²) in [6.07, 6.45) is 5.19. The van der Waals surface area contributed by atoms with Crippen LogP contribution in [-0.4, -0.2) is 33.0 Å². The summed E-state index contributed by atoms with van der Waals surface area (Å²) < 4.78 is 7.71. The average Bonchev–Trinajstić information content (AvgIpc) is 2.98. The molecule has 26 heavy (non-hydrogen) atoms. The highest BCUT2D eigenvalue weighted by Gasteiger charge is 2.13. The molecule has 3 rings (SSSR count). The lowest BCUT2D eigenvalue weighted by Crippen LogP contribution is -2.23. The molecule has 0 aliphatic carbocycles. The molecule has 0 aliphatic rings. The number of fused-ring (bicyclic) bond motifs is 1. The SMILES string of the molecule is CCOC(=O)Cn1c(=NC(=O)c2cnccn2)sc2cc(CC)ccc21. The standard InChI is InChI=1S/C18H18N4O3S/c1-3-12-5-6-14-15(9-12)26-18(22(14)11-16(23)25-4-2)21-17(24)13-10-19-7-8-20-13/h5-10H,3-4,11H2,1-2H3. The molecule has 3 aromatic rings. The molecule has 0 fully saturated rings. The van der Waals surface area contributed by atoms with Crippen LogP contribution in [0.4, 0.5) is 0 Å². The van der Waals surface area contributed by atoms with E-state index in [2.05, 4.69) is 21.9 Å². The second-order valence-electron chi connectivity index (χ2n) is 5.44. The van der Waals surface area contributed by atoms with Crippen LogP contribution >= 0.6 is 11.3 Å². The largest absolute Gasteiger partial charge is 0.465 e. The van der Waals surface area contributed by atoms with Crippen LogP contribution in [0, 0.1) is 0 Å². The molecule has 0 bridgehead atoms. The molecule has 134 valence electrons. The van der Waals surface area contributed by atoms with Gasteiger partial charge in [-0.3, -0.25) is 14.6 Å². The normalized spacial score (nSPS) is 11.7. The first-order valence-corrected chi connectivity index (χ1v) is 9.07. The molecule has 2 aromatic heterocycles. The van der Waals surface area contributed by atoms with Gasteiger partial charge in [0.05, 0.1) is 23.0 Å². The van der Waals surface area contributed by atoms with E-state index in [-0.39, 0.29) is 18.2 Å². The Hall–Kier alpha value is -2.87. The zero-order valence-electron chi connectivity index (χ0n) is 14.5. The van der Waals surface area contributed by atoms with Crippen LogP contribution in [0.1, 0.15) is 29.9 Å². The van der Waals surface area contributed by atoms with Crippen LogP contribution in [-0.2, 0) is 22.5 Å². The van der Waals surface area contributed by atoms with E-state index in [1.807, 2.05) is 18.2 Å². The lowest BCUT2D eigenvalue weighted by molar-refractivity contribution is -0.143. The lowest BCUT2D eigenvalue weighted by Gasteiger charge is -2.05. The van der Waals surface area contributed by atoms with Crippen molar-refractivity contribution in [2.75, 3.05) is 6.61 Å². The summed E-state index contributed by atoms with van der Waals surface area (Å²) in [5, 5.41) is 0. The summed E-state index contributed by atoms with van der Waals surface area (Å²) in [4.78, 5) is 36.8. The van der Waals surface area contributed by atoms with Crippen LogP contribution in [0.3, 0.4) is 0 Å². The molecule has 7 nitrogen and oxygen atoms in total. The predicted molar refractivity (Wildman–Crippen MR) is 97.8 cm³/mol. The van der Waals surface area contributed by atoms with Gasteiger partial charge in [-0.2, -0.15) is 4.99 Å². The molecule has 0 aliphatic heterocycles. The molecule has 0 saturated heterocycles. The van der Waals surface area contributed by atoms with Crippen molar-refractivity contribution >= 4 is 33.4 Å². The molecule has 1 aromatic carbocycles. The number of hydrogen-bond acceptors (Lipinski definition) is 6. The summed E-state index contributed by atoms with van der Waals surface area (Å²) in [7, 11) is 0. The summed E-state index contributed by atoms with van der Waals surface area (Å²) in [5.74, 6) is -0.877. The number of ether oxygens (including phenoxy) is 1. The van der Waals surface area contributed by atoms with E-state index >= 15 is 0 Å². The number of amides is 1. The van der Waals surface area contributed by atoms with Gasteiger partial charge >= 0.3 is 5.97 Å². The molecular weight excluding hydrogens is 352 g/mol. The van der Waals surface area contributed by atoms with Crippen LogP contribution in [0.15, 0.2) is 41.8 Å². The van der Waals surface area contributed by atoms with Gasteiger partial charge in [0.1, 0.15) is 12.2 Å². The highest BCUT2D eigenvalue weighted by molar-refractivity contribution is 7.16. The van der Waals surface area contributed by atoms with Crippen LogP contribution in [0.5, 0.6) is 0 Å². The Kier molecular flexibility index (Phi) is 5.52. The van der Waals surface area contributed by atoms with Crippen molar-refractivity contribution in [3.63, 3.8) is 0 Å². The fourth-order valence-corrected chi connectivity index (χ4v) is 3.56. The smallest absolute Gasteiger partial charge is 0.326 e. The van der Waals surface area contributed by atoms with Crippen molar-refractivity contribution in [2.45, 2.75) is 26.8 Å². The van der Waals surface area contributed by atoms with E-state index in [1.54, 1.807) is 11.5 Å². The topological polar surface area (TPSA) is 86.4 Å². The molecule has 0 spiro atoms. The summed E-state index contributed by atoms with van der Waals surface area (Å²) >= 11 is 1.36. The van der Waals surface area contributed by atoms with Gasteiger partial charge in [-0.25, -0.2) is 4.98 Å². The number of aromatic nitrogens is 3. The van der Waals surface area contributed by atoms with Gasteiger partial charge in [-0.05, 0) is 31.0 Å². The third-order valence-corrected chi connectivity index (χ3v) is 4.77. The fourth-order valence-electron chi connectivity index (χ4n) is 2.47. The number of nitrogens with zero attached hydrogens (tertiary/aromatic N) is 4. The Morgan fingerprint density at radius 3 is 2.81 bits per heavy atom. The van der Waals surface area contributed by atoms with Crippen molar-refractivity contribution in [2.24, 2.45) is 4.99 Å². The Bertz CT molecular complexity index is 1010. The van der Waals surface area contributed by atoms with Crippen molar-refractivity contribution in [3.05, 3.63) is 52.8 Å². The van der Waals surface area contributed by atoms with E-state index in [1.165, 1.54) is 35.5 Å². The van der Waals surface area contributed by atoms with Gasteiger partial charge in [-0.15, -0.1) is 0 Å². The van der Waals surface area contributed by atoms with E-state index in [0.29, 0.717) is 11.4 Å². The predicted octanol–water partition coefficient (Wildman–Crippen LogP) is 2.36. The Labute approximate surface area is 154 Å². The third-order valence-electron chi connectivity index (χ3n) is 3.73. The quantitative estimate of drug-likeness (QED) is 0.644. The van der Waals surface area contributed by atoms with Gasteiger partial charge in [0.2, 0.25) is 0 Å². The highest BCUT2D eigenvalue weighted by Crippen LogP contribution is 2.20.